The Hall–Kier alpha value is -4.32. The monoisotopic (exact) mass is 646 g/mol. The van der Waals surface area contributed by atoms with Gasteiger partial charge in [0.15, 0.2) is 5.50 Å². The first-order valence-corrected chi connectivity index (χ1v) is 15.7. The Labute approximate surface area is 271 Å². The van der Waals surface area contributed by atoms with Crippen molar-refractivity contribution in [3.8, 4) is 22.9 Å². The summed E-state index contributed by atoms with van der Waals surface area (Å²) < 4.78 is 13.4. The van der Waals surface area contributed by atoms with E-state index < -0.39 is 6.03 Å². The summed E-state index contributed by atoms with van der Waals surface area (Å²) in [6, 6.07) is 19.9. The molecule has 2 aliphatic rings. The lowest BCUT2D eigenvalue weighted by Crippen LogP contribution is -2.35. The van der Waals surface area contributed by atoms with Crippen molar-refractivity contribution < 1.29 is 19.4 Å². The molecule has 6 rings (SSSR count). The minimum Gasteiger partial charge on any atom is -0.506 e. The number of hydrogen-bond donors (Lipinski definition) is 3. The Kier molecular flexibility index (Phi) is 8.34. The Bertz CT molecular complexity index is 1790. The van der Waals surface area contributed by atoms with Crippen LogP contribution in [0.1, 0.15) is 39.0 Å². The summed E-state index contributed by atoms with van der Waals surface area (Å²) in [6.07, 6.45) is 2.13. The molecule has 0 bridgehead atoms. The topological polar surface area (TPSA) is 104 Å². The van der Waals surface area contributed by atoms with Gasteiger partial charge in [0.25, 0.3) is 0 Å². The Balaban J connectivity index is 1.16. The fourth-order valence-corrected chi connectivity index (χ4v) is 6.60. The fourth-order valence-electron chi connectivity index (χ4n) is 5.13. The van der Waals surface area contributed by atoms with Crippen molar-refractivity contribution >= 4 is 40.9 Å². The van der Waals surface area contributed by atoms with Crippen molar-refractivity contribution in [1.82, 2.24) is 20.0 Å². The molecule has 3 heterocycles. The number of urea groups is 1. The number of amides is 2. The molecule has 0 fully saturated rings. The highest BCUT2D eigenvalue weighted by Crippen LogP contribution is 2.50. The molecule has 2 amide bonds. The summed E-state index contributed by atoms with van der Waals surface area (Å²) in [6.45, 7) is 8.96. The summed E-state index contributed by atoms with van der Waals surface area (Å²) >= 11 is 7.95. The second-order valence-electron chi connectivity index (χ2n) is 11.9. The first kappa shape index (κ1) is 30.7. The number of phenols is 1. The first-order chi connectivity index (χ1) is 21.5. The van der Waals surface area contributed by atoms with Crippen LogP contribution in [-0.2, 0) is 16.7 Å². The number of para-hydroxylation sites is 1. The van der Waals surface area contributed by atoms with Gasteiger partial charge < -0.3 is 29.7 Å². The quantitative estimate of drug-likeness (QED) is 0.180. The van der Waals surface area contributed by atoms with Crippen molar-refractivity contribution in [1.29, 1.82) is 0 Å². The molecule has 0 saturated heterocycles. The van der Waals surface area contributed by atoms with Gasteiger partial charge in [0.05, 0.1) is 22.1 Å². The molecular formula is C33H35ClN6O4S. The molecule has 0 aliphatic carbocycles. The number of carbonyl (C=O) groups excluding carboxylic acids is 1. The number of methoxy groups -OCH3 is 1. The van der Waals surface area contributed by atoms with Crippen LogP contribution in [0, 0.1) is 0 Å². The lowest BCUT2D eigenvalue weighted by molar-refractivity contribution is 0.0880. The van der Waals surface area contributed by atoms with E-state index >= 15 is 0 Å². The molecule has 10 nitrogen and oxygen atoms in total. The number of fused-ring (bicyclic) bond motifs is 3. The molecule has 1 aromatic heterocycles. The van der Waals surface area contributed by atoms with Crippen molar-refractivity contribution in [2.75, 3.05) is 24.1 Å². The zero-order valence-electron chi connectivity index (χ0n) is 25.7. The van der Waals surface area contributed by atoms with E-state index in [0.717, 1.165) is 22.6 Å². The lowest BCUT2D eigenvalue weighted by Gasteiger charge is -2.27. The van der Waals surface area contributed by atoms with Crippen molar-refractivity contribution in [2.45, 2.75) is 50.0 Å². The number of carbonyl (C=O) groups is 1. The maximum Gasteiger partial charge on any atom is 0.320 e. The van der Waals surface area contributed by atoms with Crippen LogP contribution in [-0.4, -0.2) is 45.2 Å². The lowest BCUT2D eigenvalue weighted by atomic mass is 9.92. The molecule has 3 N–H and O–H groups in total. The van der Waals surface area contributed by atoms with Gasteiger partial charge in [-0.2, -0.15) is 5.10 Å². The second kappa shape index (κ2) is 12.2. The summed E-state index contributed by atoms with van der Waals surface area (Å²) in [5.41, 5.74) is 4.28. The minimum atomic E-state index is -0.409. The number of ether oxygens (including phenoxy) is 2. The molecule has 4 aromatic rings. The smallest absolute Gasteiger partial charge is 0.320 e. The molecule has 0 radical (unpaired) electrons. The third kappa shape index (κ3) is 6.28. The standard InChI is InChI=1S/C33H35ClN6O4S/c1-20-18-38-25-15-23(11-13-28(25)45-32(38)39(20)19-43-5)44-27-9-7-6-8-21(27)17-35-31(42)36-30-16-29(33(2,3)4)37-40(30)22-10-12-26(41)24(34)14-22/h6-16,18,32,41H,17,19H2,1-5H3,(H2,35,36,42). The number of halogens is 1. The summed E-state index contributed by atoms with van der Waals surface area (Å²) in [5.74, 6) is 1.78. The molecule has 45 heavy (non-hydrogen) atoms. The predicted octanol–water partition coefficient (Wildman–Crippen LogP) is 7.62. The first-order valence-electron chi connectivity index (χ1n) is 14.4. The number of anilines is 2. The Morgan fingerprint density at radius 1 is 1.11 bits per heavy atom. The third-order valence-corrected chi connectivity index (χ3v) is 9.12. The molecule has 2 aliphatic heterocycles. The van der Waals surface area contributed by atoms with Crippen LogP contribution in [0.4, 0.5) is 16.3 Å². The van der Waals surface area contributed by atoms with Crippen LogP contribution in [0.25, 0.3) is 5.69 Å². The van der Waals surface area contributed by atoms with E-state index in [0.29, 0.717) is 29.7 Å². The molecule has 0 spiro atoms. The maximum absolute atomic E-state index is 13.2. The third-order valence-electron chi connectivity index (χ3n) is 7.53. The molecule has 234 valence electrons. The number of rotatable bonds is 8. The number of allylic oxidation sites excluding steroid dienone is 1. The van der Waals surface area contributed by atoms with Gasteiger partial charge in [0, 0.05) is 53.6 Å². The molecular weight excluding hydrogens is 612 g/mol. The minimum absolute atomic E-state index is 0.0311. The van der Waals surface area contributed by atoms with E-state index in [-0.39, 0.29) is 28.2 Å². The second-order valence-corrected chi connectivity index (χ2v) is 13.4. The van der Waals surface area contributed by atoms with E-state index in [9.17, 15) is 9.90 Å². The number of aromatic hydroxyl groups is 1. The SMILES string of the molecule is COCN1C(C)=CN2c3cc(Oc4ccccc4CNC(=O)Nc4cc(C(C)(C)C)nn4-c4ccc(O)c(Cl)c4)ccc3SC12. The summed E-state index contributed by atoms with van der Waals surface area (Å²) in [5, 5.41) is 20.6. The van der Waals surface area contributed by atoms with E-state index in [1.807, 2.05) is 63.2 Å². The largest absolute Gasteiger partial charge is 0.506 e. The Morgan fingerprint density at radius 3 is 2.67 bits per heavy atom. The van der Waals surface area contributed by atoms with Gasteiger partial charge in [-0.15, -0.1) is 0 Å². The van der Waals surface area contributed by atoms with Crippen LogP contribution >= 0.6 is 23.4 Å². The van der Waals surface area contributed by atoms with Gasteiger partial charge in [-0.1, -0.05) is 62.3 Å². The van der Waals surface area contributed by atoms with Gasteiger partial charge in [-0.05, 0) is 43.3 Å². The van der Waals surface area contributed by atoms with Crippen molar-refractivity contribution in [2.24, 2.45) is 0 Å². The normalized spacial score (nSPS) is 15.5. The van der Waals surface area contributed by atoms with Crippen LogP contribution in [0.3, 0.4) is 0 Å². The van der Waals surface area contributed by atoms with Gasteiger partial charge in [0.1, 0.15) is 29.8 Å². The number of thioether (sulfide) groups is 1. The van der Waals surface area contributed by atoms with Crippen LogP contribution in [0.5, 0.6) is 17.2 Å². The van der Waals surface area contributed by atoms with E-state index in [2.05, 4.69) is 39.6 Å². The highest BCUT2D eigenvalue weighted by molar-refractivity contribution is 8.00. The molecule has 12 heteroatoms. The summed E-state index contributed by atoms with van der Waals surface area (Å²) in [7, 11) is 1.71. The molecule has 0 saturated carbocycles. The van der Waals surface area contributed by atoms with Gasteiger partial charge in [-0.25, -0.2) is 9.48 Å². The average molecular weight is 647 g/mol. The number of nitrogens with zero attached hydrogens (tertiary/aromatic N) is 4. The van der Waals surface area contributed by atoms with Crippen LogP contribution in [0.15, 0.2) is 83.5 Å². The molecule has 1 unspecified atom stereocenters. The number of aromatic nitrogens is 2. The van der Waals surface area contributed by atoms with Crippen LogP contribution in [0.2, 0.25) is 5.02 Å². The number of hydrogen-bond acceptors (Lipinski definition) is 8. The number of phenolic OH excluding ortho intramolecular Hbond substituents is 1. The fraction of sp³-hybridized carbons (Fsp3) is 0.273. The molecule has 3 aromatic carbocycles. The highest BCUT2D eigenvalue weighted by Gasteiger charge is 2.38. The zero-order chi connectivity index (χ0) is 31.9. The maximum atomic E-state index is 13.2. The zero-order valence-corrected chi connectivity index (χ0v) is 27.2. The van der Waals surface area contributed by atoms with Crippen LogP contribution < -0.4 is 20.3 Å². The van der Waals surface area contributed by atoms with Crippen molar-refractivity contribution in [3.05, 3.63) is 94.9 Å². The van der Waals surface area contributed by atoms with Gasteiger partial charge in [0.2, 0.25) is 0 Å². The number of nitrogens with one attached hydrogen (secondary N) is 2. The Morgan fingerprint density at radius 2 is 1.91 bits per heavy atom. The summed E-state index contributed by atoms with van der Waals surface area (Å²) in [4.78, 5) is 18.8. The molecule has 1 atom stereocenters. The van der Waals surface area contributed by atoms with Gasteiger partial charge >= 0.3 is 6.03 Å². The van der Waals surface area contributed by atoms with E-state index in [1.54, 1.807) is 35.7 Å². The average Bonchev–Trinajstić information content (AvgIpc) is 3.67. The number of benzene rings is 3. The van der Waals surface area contributed by atoms with E-state index in [4.69, 9.17) is 26.2 Å². The van der Waals surface area contributed by atoms with Gasteiger partial charge in [-0.3, -0.25) is 5.32 Å². The van der Waals surface area contributed by atoms with Crippen molar-refractivity contribution in [3.63, 3.8) is 0 Å². The highest BCUT2D eigenvalue weighted by atomic mass is 35.5. The van der Waals surface area contributed by atoms with E-state index in [1.165, 1.54) is 11.0 Å². The predicted molar refractivity (Wildman–Crippen MR) is 177 cm³/mol.